The summed E-state index contributed by atoms with van der Waals surface area (Å²) in [6.45, 7) is 4.32. The number of carbonyl (C=O) groups is 1. The van der Waals surface area contributed by atoms with E-state index in [2.05, 4.69) is 59.9 Å². The summed E-state index contributed by atoms with van der Waals surface area (Å²) in [4.78, 5) is 18.6. The molecule has 45 heavy (non-hydrogen) atoms. The first kappa shape index (κ1) is 31.5. The van der Waals surface area contributed by atoms with Crippen LogP contribution in [0.3, 0.4) is 0 Å². The maximum atomic E-state index is 14.0. The predicted octanol–water partition coefficient (Wildman–Crippen LogP) is 6.11. The van der Waals surface area contributed by atoms with Gasteiger partial charge in [0, 0.05) is 46.6 Å². The fourth-order valence-corrected chi connectivity index (χ4v) is 6.52. The number of anilines is 3. The van der Waals surface area contributed by atoms with Gasteiger partial charge in [0.25, 0.3) is 16.5 Å². The molecule has 1 aliphatic rings. The Hall–Kier alpha value is -4.88. The molecule has 0 aliphatic carbocycles. The molecule has 0 spiro atoms. The molecule has 3 aromatic carbocycles. The number of carboxylic acid groups (broad SMARTS) is 1. The highest BCUT2D eigenvalue weighted by Crippen LogP contribution is 2.27. The van der Waals surface area contributed by atoms with Gasteiger partial charge in [0.05, 0.1) is 5.69 Å². The summed E-state index contributed by atoms with van der Waals surface area (Å²) in [6.07, 6.45) is 7.38. The Morgan fingerprint density at radius 1 is 0.889 bits per heavy atom. The number of aryl methyl sites for hydroxylation is 1. The second-order valence-electron chi connectivity index (χ2n) is 10.4. The smallest absolute Gasteiger partial charge is 0.290 e. The molecule has 0 bridgehead atoms. The third-order valence-electron chi connectivity index (χ3n) is 7.40. The fraction of sp³-hybridized carbons (Fsp3) is 0.219. The highest BCUT2D eigenvalue weighted by Gasteiger charge is 2.24. The van der Waals surface area contributed by atoms with Gasteiger partial charge in [-0.3, -0.25) is 9.52 Å². The largest absolute Gasteiger partial charge is 0.483 e. The Morgan fingerprint density at radius 3 is 2.29 bits per heavy atom. The zero-order chi connectivity index (χ0) is 31.8. The lowest BCUT2D eigenvalue weighted by molar-refractivity contribution is -0.122. The van der Waals surface area contributed by atoms with Crippen molar-refractivity contribution < 1.29 is 27.1 Å². The van der Waals surface area contributed by atoms with Gasteiger partial charge >= 0.3 is 0 Å². The molecule has 234 valence electrons. The Labute approximate surface area is 259 Å². The van der Waals surface area contributed by atoms with Crippen molar-refractivity contribution in [2.45, 2.75) is 30.7 Å². The van der Waals surface area contributed by atoms with Crippen molar-refractivity contribution in [3.8, 4) is 11.3 Å². The van der Waals surface area contributed by atoms with Crippen LogP contribution < -0.4 is 10.0 Å². The normalized spacial score (nSPS) is 13.3. The van der Waals surface area contributed by atoms with Crippen molar-refractivity contribution in [3.63, 3.8) is 0 Å². The minimum Gasteiger partial charge on any atom is -0.483 e. The molecule has 1 saturated heterocycles. The summed E-state index contributed by atoms with van der Waals surface area (Å²) in [5, 5.41) is 11.2. The monoisotopic (exact) mass is 634 g/mol. The average molecular weight is 635 g/mol. The van der Waals surface area contributed by atoms with Crippen LogP contribution in [0.5, 0.6) is 0 Å². The van der Waals surface area contributed by atoms with Crippen LogP contribution in [0.1, 0.15) is 19.3 Å². The SMILES string of the molecule is O=CO.O=S(=O)(Nc1ccc(Nc2cc(-c3ccc4c(ccn4CCCN4CCCC4)c3)ncn2)cc1)c1c(F)cccc1F. The van der Waals surface area contributed by atoms with Gasteiger partial charge in [0.2, 0.25) is 0 Å². The van der Waals surface area contributed by atoms with E-state index in [1.807, 2.05) is 6.07 Å². The second kappa shape index (κ2) is 14.3. The number of likely N-dealkylation sites (tertiary alicyclic amines) is 1. The maximum Gasteiger partial charge on any atom is 0.290 e. The molecule has 13 heteroatoms. The van der Waals surface area contributed by atoms with Gasteiger partial charge in [-0.25, -0.2) is 27.2 Å². The maximum absolute atomic E-state index is 14.0. The molecule has 5 aromatic rings. The second-order valence-corrected chi connectivity index (χ2v) is 12.1. The molecule has 10 nitrogen and oxygen atoms in total. The number of fused-ring (bicyclic) bond motifs is 1. The third-order valence-corrected chi connectivity index (χ3v) is 8.83. The lowest BCUT2D eigenvalue weighted by Crippen LogP contribution is -2.21. The van der Waals surface area contributed by atoms with Gasteiger partial charge < -0.3 is 19.9 Å². The molecule has 0 atom stereocenters. The van der Waals surface area contributed by atoms with E-state index in [1.54, 1.807) is 12.1 Å². The number of sulfonamides is 1. The zero-order valence-electron chi connectivity index (χ0n) is 24.2. The van der Waals surface area contributed by atoms with Crippen LogP contribution in [-0.2, 0) is 21.4 Å². The zero-order valence-corrected chi connectivity index (χ0v) is 25.1. The van der Waals surface area contributed by atoms with Gasteiger partial charge in [0.15, 0.2) is 4.90 Å². The van der Waals surface area contributed by atoms with Crippen LogP contribution in [0.25, 0.3) is 22.2 Å². The summed E-state index contributed by atoms with van der Waals surface area (Å²) in [5.74, 6) is -1.77. The first-order valence-corrected chi connectivity index (χ1v) is 15.8. The lowest BCUT2D eigenvalue weighted by Gasteiger charge is -2.14. The summed E-state index contributed by atoms with van der Waals surface area (Å²) in [7, 11) is -4.45. The minimum atomic E-state index is -4.45. The Kier molecular flexibility index (Phi) is 10.0. The van der Waals surface area contributed by atoms with E-state index in [1.165, 1.54) is 49.9 Å². The van der Waals surface area contributed by atoms with E-state index < -0.39 is 26.6 Å². The van der Waals surface area contributed by atoms with E-state index in [0.29, 0.717) is 11.5 Å². The lowest BCUT2D eigenvalue weighted by atomic mass is 10.1. The summed E-state index contributed by atoms with van der Waals surface area (Å²) < 4.78 is 57.6. The summed E-state index contributed by atoms with van der Waals surface area (Å²) >= 11 is 0. The molecule has 1 fully saturated rings. The molecule has 0 unspecified atom stereocenters. The standard InChI is InChI=1S/C31H30F2N6O2S.CH2O2/c32-26-5-3-6-27(33)31(26)42(40,41)37-25-10-8-24(9-11-25)36-30-20-28(34-21-35-30)22-7-12-29-23(19-22)13-18-39(29)17-4-16-38-14-1-2-15-38;2-1-3/h3,5-13,18-21,37H,1-2,4,14-17H2,(H,34,35,36);1H,(H,2,3). The molecular weight excluding hydrogens is 602 g/mol. The van der Waals surface area contributed by atoms with E-state index in [4.69, 9.17) is 9.90 Å². The van der Waals surface area contributed by atoms with Crippen molar-refractivity contribution in [2.24, 2.45) is 0 Å². The van der Waals surface area contributed by atoms with Crippen LogP contribution in [0.15, 0.2) is 90.2 Å². The van der Waals surface area contributed by atoms with Crippen LogP contribution in [0.4, 0.5) is 26.0 Å². The molecule has 0 amide bonds. The van der Waals surface area contributed by atoms with E-state index in [9.17, 15) is 17.2 Å². The first-order chi connectivity index (χ1) is 21.8. The van der Waals surface area contributed by atoms with Crippen molar-refractivity contribution in [3.05, 3.63) is 97.0 Å². The molecule has 0 radical (unpaired) electrons. The molecular formula is C32H32F2N6O4S. The Balaban J connectivity index is 0.00000128. The number of benzene rings is 3. The highest BCUT2D eigenvalue weighted by molar-refractivity contribution is 7.92. The summed E-state index contributed by atoms with van der Waals surface area (Å²) in [5.41, 5.74) is 3.71. The molecule has 6 rings (SSSR count). The van der Waals surface area contributed by atoms with E-state index in [-0.39, 0.29) is 12.2 Å². The summed E-state index contributed by atoms with van der Waals surface area (Å²) in [6, 6.07) is 19.4. The van der Waals surface area contributed by atoms with Crippen LogP contribution in [-0.4, -0.2) is 59.1 Å². The first-order valence-electron chi connectivity index (χ1n) is 14.3. The highest BCUT2D eigenvalue weighted by atomic mass is 32.2. The van der Waals surface area contributed by atoms with E-state index in [0.717, 1.165) is 54.4 Å². The van der Waals surface area contributed by atoms with Gasteiger partial charge in [-0.05, 0) is 93.5 Å². The minimum absolute atomic E-state index is 0.155. The van der Waals surface area contributed by atoms with Crippen molar-refractivity contribution in [1.29, 1.82) is 0 Å². The Bertz CT molecular complexity index is 1860. The van der Waals surface area contributed by atoms with Crippen LogP contribution >= 0.6 is 0 Å². The van der Waals surface area contributed by atoms with Gasteiger partial charge in [-0.1, -0.05) is 12.1 Å². The van der Waals surface area contributed by atoms with Gasteiger partial charge in [0.1, 0.15) is 23.8 Å². The van der Waals surface area contributed by atoms with Crippen LogP contribution in [0.2, 0.25) is 0 Å². The number of halogens is 2. The van der Waals surface area contributed by atoms with Crippen molar-refractivity contribution in [1.82, 2.24) is 19.4 Å². The van der Waals surface area contributed by atoms with Gasteiger partial charge in [-0.2, -0.15) is 0 Å². The topological polar surface area (TPSA) is 129 Å². The predicted molar refractivity (Wildman–Crippen MR) is 169 cm³/mol. The van der Waals surface area contributed by atoms with E-state index >= 15 is 0 Å². The number of nitrogens with one attached hydrogen (secondary N) is 2. The molecule has 3 heterocycles. The number of nitrogens with zero attached hydrogens (tertiary/aromatic N) is 4. The van der Waals surface area contributed by atoms with Crippen LogP contribution in [0, 0.1) is 11.6 Å². The number of aromatic nitrogens is 3. The van der Waals surface area contributed by atoms with Gasteiger partial charge in [-0.15, -0.1) is 0 Å². The fourth-order valence-electron chi connectivity index (χ4n) is 5.32. The Morgan fingerprint density at radius 2 is 1.58 bits per heavy atom. The third kappa shape index (κ3) is 7.80. The molecule has 3 N–H and O–H groups in total. The molecule has 0 saturated carbocycles. The number of rotatable bonds is 10. The molecule has 1 aliphatic heterocycles. The van der Waals surface area contributed by atoms with Crippen molar-refractivity contribution in [2.75, 3.05) is 29.7 Å². The number of hydrogen-bond donors (Lipinski definition) is 3. The average Bonchev–Trinajstić information content (AvgIpc) is 3.68. The quantitative estimate of drug-likeness (QED) is 0.157. The number of hydrogen-bond acceptors (Lipinski definition) is 7. The molecule has 2 aromatic heterocycles. The van der Waals surface area contributed by atoms with Crippen molar-refractivity contribution >= 4 is 44.6 Å².